The second-order valence-corrected chi connectivity index (χ2v) is 3.77. The van der Waals surface area contributed by atoms with Crippen LogP contribution >= 0.6 is 11.3 Å². The van der Waals surface area contributed by atoms with Crippen molar-refractivity contribution in [3.8, 4) is 0 Å². The maximum Gasteiger partial charge on any atom is 0.123 e. The fraction of sp³-hybridized carbons (Fsp3) is 0. The van der Waals surface area contributed by atoms with E-state index in [0.717, 1.165) is 15.7 Å². The molecule has 3 aromatic heterocycles. The molecule has 0 radical (unpaired) electrons. The topological polar surface area (TPSA) is 25.8 Å². The quantitative estimate of drug-likeness (QED) is 0.539. The van der Waals surface area contributed by atoms with Crippen LogP contribution in [0.3, 0.4) is 0 Å². The molecule has 0 aliphatic carbocycles. The van der Waals surface area contributed by atoms with Crippen LogP contribution in [0.4, 0.5) is 0 Å². The summed E-state index contributed by atoms with van der Waals surface area (Å²) in [5, 5.41) is 4.36. The Kier molecular flexibility index (Phi) is 1.34. The number of hydrogen-bond donors (Lipinski definition) is 0. The summed E-state index contributed by atoms with van der Waals surface area (Å²) in [6.07, 6.45) is 3.62. The second-order valence-electron chi connectivity index (χ2n) is 2.87. The van der Waals surface area contributed by atoms with Gasteiger partial charge in [-0.2, -0.15) is 0 Å². The molecule has 0 bridgehead atoms. The Labute approximate surface area is 78.9 Å². The minimum Gasteiger partial charge on any atom is -0.264 e. The molecule has 3 heteroatoms. The smallest absolute Gasteiger partial charge is 0.123 e. The van der Waals surface area contributed by atoms with Crippen LogP contribution in [-0.4, -0.2) is 9.97 Å². The average Bonchev–Trinajstić information content (AvgIpc) is 2.61. The lowest BCUT2D eigenvalue weighted by molar-refractivity contribution is 1.35. The van der Waals surface area contributed by atoms with Gasteiger partial charge in [0, 0.05) is 23.2 Å². The standard InChI is InChI=1S/C10H6N2S/c1-3-11-6-8-5-7-2-4-13-10(7)12-9(1)8/h1-6H. The third-order valence-corrected chi connectivity index (χ3v) is 2.86. The summed E-state index contributed by atoms with van der Waals surface area (Å²) in [6.45, 7) is 0. The fourth-order valence-corrected chi connectivity index (χ4v) is 2.16. The van der Waals surface area contributed by atoms with E-state index in [4.69, 9.17) is 0 Å². The Balaban J connectivity index is 2.57. The third kappa shape index (κ3) is 1.01. The summed E-state index contributed by atoms with van der Waals surface area (Å²) >= 11 is 1.67. The number of aromatic nitrogens is 2. The van der Waals surface area contributed by atoms with E-state index in [2.05, 4.69) is 27.5 Å². The predicted octanol–water partition coefficient (Wildman–Crippen LogP) is 2.84. The molecule has 62 valence electrons. The largest absolute Gasteiger partial charge is 0.264 e. The highest BCUT2D eigenvalue weighted by atomic mass is 32.1. The van der Waals surface area contributed by atoms with Crippen LogP contribution in [0.1, 0.15) is 0 Å². The van der Waals surface area contributed by atoms with Crippen LogP contribution < -0.4 is 0 Å². The van der Waals surface area contributed by atoms with Crippen LogP contribution in [-0.2, 0) is 0 Å². The number of thiophene rings is 1. The summed E-state index contributed by atoms with van der Waals surface area (Å²) in [7, 11) is 0. The zero-order chi connectivity index (χ0) is 8.67. The number of nitrogens with zero attached hydrogens (tertiary/aromatic N) is 2. The highest BCUT2D eigenvalue weighted by molar-refractivity contribution is 7.16. The van der Waals surface area contributed by atoms with Gasteiger partial charge in [-0.1, -0.05) is 0 Å². The summed E-state index contributed by atoms with van der Waals surface area (Å²) in [5.41, 5.74) is 1.02. The first-order valence-corrected chi connectivity index (χ1v) is 4.89. The molecule has 3 aromatic rings. The molecule has 0 amide bonds. The van der Waals surface area contributed by atoms with E-state index in [0.29, 0.717) is 0 Å². The second kappa shape index (κ2) is 2.50. The zero-order valence-corrected chi connectivity index (χ0v) is 7.58. The highest BCUT2D eigenvalue weighted by Crippen LogP contribution is 2.22. The average molecular weight is 186 g/mol. The number of hydrogen-bond acceptors (Lipinski definition) is 3. The molecule has 2 nitrogen and oxygen atoms in total. The van der Waals surface area contributed by atoms with Gasteiger partial charge < -0.3 is 0 Å². The van der Waals surface area contributed by atoms with E-state index in [1.54, 1.807) is 17.5 Å². The minimum absolute atomic E-state index is 1.02. The monoisotopic (exact) mass is 186 g/mol. The first kappa shape index (κ1) is 6.97. The molecular weight excluding hydrogens is 180 g/mol. The van der Waals surface area contributed by atoms with Gasteiger partial charge in [-0.25, -0.2) is 4.98 Å². The van der Waals surface area contributed by atoms with Gasteiger partial charge in [-0.15, -0.1) is 11.3 Å². The summed E-state index contributed by atoms with van der Waals surface area (Å²) in [6, 6.07) is 6.15. The van der Waals surface area contributed by atoms with Crippen molar-refractivity contribution in [2.75, 3.05) is 0 Å². The minimum atomic E-state index is 1.02. The van der Waals surface area contributed by atoms with Gasteiger partial charge >= 0.3 is 0 Å². The van der Waals surface area contributed by atoms with Gasteiger partial charge in [-0.05, 0) is 23.6 Å². The first-order chi connectivity index (χ1) is 6.43. The first-order valence-electron chi connectivity index (χ1n) is 4.01. The lowest BCUT2D eigenvalue weighted by Crippen LogP contribution is -1.78. The number of pyridine rings is 2. The fourth-order valence-electron chi connectivity index (χ4n) is 1.40. The molecule has 0 aliphatic heterocycles. The Morgan fingerprint density at radius 1 is 1.15 bits per heavy atom. The van der Waals surface area contributed by atoms with Crippen molar-refractivity contribution < 1.29 is 0 Å². The molecule has 3 heterocycles. The molecule has 3 rings (SSSR count). The van der Waals surface area contributed by atoms with Crippen molar-refractivity contribution in [3.05, 3.63) is 36.0 Å². The highest BCUT2D eigenvalue weighted by Gasteiger charge is 1.99. The molecule has 13 heavy (non-hydrogen) atoms. The van der Waals surface area contributed by atoms with E-state index in [-0.39, 0.29) is 0 Å². The van der Waals surface area contributed by atoms with Crippen molar-refractivity contribution in [3.63, 3.8) is 0 Å². The Bertz CT molecular complexity index is 521. The third-order valence-electron chi connectivity index (χ3n) is 2.04. The predicted molar refractivity (Wildman–Crippen MR) is 54.9 cm³/mol. The van der Waals surface area contributed by atoms with Gasteiger partial charge in [-0.3, -0.25) is 4.98 Å². The molecule has 0 atom stereocenters. The van der Waals surface area contributed by atoms with E-state index in [9.17, 15) is 0 Å². The lowest BCUT2D eigenvalue weighted by atomic mass is 10.2. The van der Waals surface area contributed by atoms with E-state index in [1.807, 2.05) is 12.3 Å². The van der Waals surface area contributed by atoms with Gasteiger partial charge in [0.15, 0.2) is 0 Å². The van der Waals surface area contributed by atoms with Crippen LogP contribution in [0.25, 0.3) is 21.1 Å². The van der Waals surface area contributed by atoms with E-state index in [1.165, 1.54) is 5.39 Å². The Morgan fingerprint density at radius 2 is 2.15 bits per heavy atom. The maximum absolute atomic E-state index is 4.52. The summed E-state index contributed by atoms with van der Waals surface area (Å²) in [4.78, 5) is 9.68. The lowest BCUT2D eigenvalue weighted by Gasteiger charge is -1.95. The van der Waals surface area contributed by atoms with Crippen molar-refractivity contribution in [2.24, 2.45) is 0 Å². The van der Waals surface area contributed by atoms with Crippen LogP contribution in [0, 0.1) is 0 Å². The SMILES string of the molecule is c1cc2nc3sccc3cc2cn1. The zero-order valence-electron chi connectivity index (χ0n) is 6.77. The van der Waals surface area contributed by atoms with Crippen molar-refractivity contribution in [2.45, 2.75) is 0 Å². The van der Waals surface area contributed by atoms with Crippen molar-refractivity contribution >= 4 is 32.5 Å². The Hall–Kier alpha value is -1.48. The Morgan fingerprint density at radius 3 is 3.15 bits per heavy atom. The van der Waals surface area contributed by atoms with Gasteiger partial charge in [0.2, 0.25) is 0 Å². The van der Waals surface area contributed by atoms with Crippen molar-refractivity contribution in [1.29, 1.82) is 0 Å². The molecular formula is C10H6N2S. The number of fused-ring (bicyclic) bond motifs is 2. The molecule has 0 N–H and O–H groups in total. The van der Waals surface area contributed by atoms with E-state index < -0.39 is 0 Å². The maximum atomic E-state index is 4.52. The van der Waals surface area contributed by atoms with E-state index >= 15 is 0 Å². The van der Waals surface area contributed by atoms with Crippen LogP contribution in [0.5, 0.6) is 0 Å². The summed E-state index contributed by atoms with van der Waals surface area (Å²) < 4.78 is 0. The molecule has 0 unspecified atom stereocenters. The summed E-state index contributed by atoms with van der Waals surface area (Å²) in [5.74, 6) is 0. The molecule has 0 aliphatic rings. The molecule has 0 saturated heterocycles. The number of rotatable bonds is 0. The van der Waals surface area contributed by atoms with Crippen LogP contribution in [0.2, 0.25) is 0 Å². The van der Waals surface area contributed by atoms with Gasteiger partial charge in [0.1, 0.15) is 4.83 Å². The van der Waals surface area contributed by atoms with Gasteiger partial charge in [0.05, 0.1) is 5.52 Å². The molecule has 0 fully saturated rings. The molecule has 0 saturated carbocycles. The normalized spacial score (nSPS) is 11.1. The molecule has 0 spiro atoms. The van der Waals surface area contributed by atoms with Crippen molar-refractivity contribution in [1.82, 2.24) is 9.97 Å². The van der Waals surface area contributed by atoms with Gasteiger partial charge in [0.25, 0.3) is 0 Å². The van der Waals surface area contributed by atoms with Crippen LogP contribution in [0.15, 0.2) is 36.0 Å². The molecule has 0 aromatic carbocycles.